The monoisotopic (exact) mass is 363 g/mol. The molecule has 2 amide bonds. The highest BCUT2D eigenvalue weighted by Gasteiger charge is 2.33. The van der Waals surface area contributed by atoms with E-state index in [4.69, 9.17) is 12.2 Å². The van der Waals surface area contributed by atoms with Crippen molar-refractivity contribution in [1.29, 1.82) is 0 Å². The Hall–Kier alpha value is -1.70. The van der Waals surface area contributed by atoms with Crippen molar-refractivity contribution in [2.24, 2.45) is 0 Å². The lowest BCUT2D eigenvalue weighted by atomic mass is 10.2. The van der Waals surface area contributed by atoms with Crippen LogP contribution in [0.4, 0.5) is 0 Å². The van der Waals surface area contributed by atoms with Gasteiger partial charge in [0, 0.05) is 6.54 Å². The number of hydrogen-bond donors (Lipinski definition) is 1. The maximum Gasteiger partial charge on any atom is 0.266 e. The zero-order chi connectivity index (χ0) is 17.5. The Bertz CT molecular complexity index is 644. The molecule has 0 saturated carbocycles. The van der Waals surface area contributed by atoms with Crippen LogP contribution in [-0.2, 0) is 9.59 Å². The molecule has 5 nitrogen and oxygen atoms in total. The topological polar surface area (TPSA) is 52.7 Å². The van der Waals surface area contributed by atoms with Crippen molar-refractivity contribution < 1.29 is 9.59 Å². The van der Waals surface area contributed by atoms with Crippen molar-refractivity contribution in [3.05, 3.63) is 40.8 Å². The van der Waals surface area contributed by atoms with Crippen LogP contribution in [0.5, 0.6) is 0 Å². The molecule has 1 saturated heterocycles. The minimum absolute atomic E-state index is 0.0290. The molecule has 0 atom stereocenters. The quantitative estimate of drug-likeness (QED) is 0.456. The maximum absolute atomic E-state index is 12.4. The van der Waals surface area contributed by atoms with E-state index >= 15 is 0 Å². The molecule has 0 aliphatic carbocycles. The number of nitrogens with zero attached hydrogens (tertiary/aromatic N) is 2. The predicted molar refractivity (Wildman–Crippen MR) is 103 cm³/mol. The smallest absolute Gasteiger partial charge is 0.266 e. The molecule has 0 unspecified atom stereocenters. The van der Waals surface area contributed by atoms with Gasteiger partial charge in [-0.2, -0.15) is 0 Å². The maximum atomic E-state index is 12.4. The lowest BCUT2D eigenvalue weighted by molar-refractivity contribution is -0.128. The van der Waals surface area contributed by atoms with Crippen molar-refractivity contribution in [2.75, 3.05) is 33.7 Å². The molecular weight excluding hydrogens is 342 g/mol. The Kier molecular flexibility index (Phi) is 6.96. The Morgan fingerprint density at radius 2 is 2.04 bits per heavy atom. The van der Waals surface area contributed by atoms with Crippen LogP contribution in [0.15, 0.2) is 35.2 Å². The molecule has 1 heterocycles. The number of carbonyl (C=O) groups is 2. The summed E-state index contributed by atoms with van der Waals surface area (Å²) in [5, 5.41) is 2.82. The van der Waals surface area contributed by atoms with Gasteiger partial charge in [0.25, 0.3) is 5.91 Å². The molecule has 0 bridgehead atoms. The standard InChI is InChI=1S/C17H21N3O2S2/c1-19(2)10-6-9-18-15(21)12-20-16(22)14(24-17(20)23)11-13-7-4-3-5-8-13/h3-5,7-8,11H,6,9-10,12H2,1-2H3,(H,18,21). The van der Waals surface area contributed by atoms with Crippen molar-refractivity contribution in [3.63, 3.8) is 0 Å². The average Bonchev–Trinajstić information content (AvgIpc) is 2.80. The van der Waals surface area contributed by atoms with E-state index < -0.39 is 0 Å². The SMILES string of the molecule is CN(C)CCCNC(=O)CN1C(=O)C(=Cc2ccccc2)SC1=S. The van der Waals surface area contributed by atoms with Gasteiger partial charge in [0.1, 0.15) is 10.9 Å². The summed E-state index contributed by atoms with van der Waals surface area (Å²) in [5.74, 6) is -0.400. The van der Waals surface area contributed by atoms with E-state index in [1.54, 1.807) is 6.08 Å². The molecule has 0 aromatic heterocycles. The molecule has 1 fully saturated rings. The fraction of sp³-hybridized carbons (Fsp3) is 0.353. The van der Waals surface area contributed by atoms with E-state index in [1.807, 2.05) is 44.4 Å². The first kappa shape index (κ1) is 18.6. The summed E-state index contributed by atoms with van der Waals surface area (Å²) in [5.41, 5.74) is 0.936. The Labute approximate surface area is 152 Å². The molecule has 2 rings (SSSR count). The van der Waals surface area contributed by atoms with Gasteiger partial charge in [-0.3, -0.25) is 14.5 Å². The Morgan fingerprint density at radius 1 is 1.33 bits per heavy atom. The zero-order valence-corrected chi connectivity index (χ0v) is 15.5. The first-order valence-electron chi connectivity index (χ1n) is 7.69. The van der Waals surface area contributed by atoms with Crippen LogP contribution in [0, 0.1) is 0 Å². The van der Waals surface area contributed by atoms with Gasteiger partial charge in [-0.05, 0) is 38.7 Å². The molecule has 128 valence electrons. The summed E-state index contributed by atoms with van der Waals surface area (Å²) < 4.78 is 0.422. The number of rotatable bonds is 7. The number of thioether (sulfide) groups is 1. The third kappa shape index (κ3) is 5.43. The van der Waals surface area contributed by atoms with Gasteiger partial charge in [0.05, 0.1) is 4.91 Å². The normalized spacial score (nSPS) is 16.3. The van der Waals surface area contributed by atoms with Gasteiger partial charge >= 0.3 is 0 Å². The fourth-order valence-corrected chi connectivity index (χ4v) is 3.41. The Morgan fingerprint density at radius 3 is 2.71 bits per heavy atom. The van der Waals surface area contributed by atoms with Crippen molar-refractivity contribution >= 4 is 46.2 Å². The highest BCUT2D eigenvalue weighted by Crippen LogP contribution is 2.32. The molecule has 1 aromatic carbocycles. The van der Waals surface area contributed by atoms with E-state index in [9.17, 15) is 9.59 Å². The number of nitrogens with one attached hydrogen (secondary N) is 1. The zero-order valence-electron chi connectivity index (χ0n) is 13.8. The second kappa shape index (κ2) is 8.96. The molecule has 1 aliphatic rings. The number of benzene rings is 1. The summed E-state index contributed by atoms with van der Waals surface area (Å²) in [6.45, 7) is 1.46. The van der Waals surface area contributed by atoms with Gasteiger partial charge in [-0.25, -0.2) is 0 Å². The average molecular weight is 364 g/mol. The molecule has 1 aromatic rings. The molecule has 0 spiro atoms. The number of hydrogen-bond acceptors (Lipinski definition) is 5. The lowest BCUT2D eigenvalue weighted by Crippen LogP contribution is -2.40. The van der Waals surface area contributed by atoms with E-state index in [0.29, 0.717) is 15.8 Å². The Balaban J connectivity index is 1.90. The molecular formula is C17H21N3O2S2. The van der Waals surface area contributed by atoms with E-state index in [-0.39, 0.29) is 18.4 Å². The van der Waals surface area contributed by atoms with Crippen LogP contribution in [0.2, 0.25) is 0 Å². The highest BCUT2D eigenvalue weighted by atomic mass is 32.2. The van der Waals surface area contributed by atoms with Gasteiger partial charge in [-0.1, -0.05) is 54.3 Å². The summed E-state index contributed by atoms with van der Waals surface area (Å²) in [6.07, 6.45) is 2.67. The first-order valence-corrected chi connectivity index (χ1v) is 8.91. The highest BCUT2D eigenvalue weighted by molar-refractivity contribution is 8.26. The minimum atomic E-state index is -0.211. The largest absolute Gasteiger partial charge is 0.354 e. The third-order valence-electron chi connectivity index (χ3n) is 3.38. The van der Waals surface area contributed by atoms with Crippen molar-refractivity contribution in [1.82, 2.24) is 15.1 Å². The molecule has 1 aliphatic heterocycles. The van der Waals surface area contributed by atoms with Crippen molar-refractivity contribution in [2.45, 2.75) is 6.42 Å². The van der Waals surface area contributed by atoms with Crippen LogP contribution in [0.25, 0.3) is 6.08 Å². The first-order chi connectivity index (χ1) is 11.5. The second-order valence-corrected chi connectivity index (χ2v) is 7.36. The summed E-state index contributed by atoms with van der Waals surface area (Å²) in [6, 6.07) is 9.58. The predicted octanol–water partition coefficient (Wildman–Crippen LogP) is 1.96. The molecule has 1 N–H and O–H groups in total. The summed E-state index contributed by atoms with van der Waals surface area (Å²) >= 11 is 6.47. The summed E-state index contributed by atoms with van der Waals surface area (Å²) in [4.78, 5) is 28.4. The van der Waals surface area contributed by atoms with Crippen LogP contribution in [0.3, 0.4) is 0 Å². The lowest BCUT2D eigenvalue weighted by Gasteiger charge is -2.14. The van der Waals surface area contributed by atoms with E-state index in [2.05, 4.69) is 10.2 Å². The van der Waals surface area contributed by atoms with Crippen LogP contribution < -0.4 is 5.32 Å². The minimum Gasteiger partial charge on any atom is -0.354 e. The van der Waals surface area contributed by atoms with E-state index in [1.165, 1.54) is 16.7 Å². The van der Waals surface area contributed by atoms with Crippen LogP contribution in [-0.4, -0.2) is 59.7 Å². The van der Waals surface area contributed by atoms with Gasteiger partial charge in [0.15, 0.2) is 0 Å². The van der Waals surface area contributed by atoms with Crippen LogP contribution in [0.1, 0.15) is 12.0 Å². The van der Waals surface area contributed by atoms with Gasteiger partial charge in [-0.15, -0.1) is 0 Å². The molecule has 7 heteroatoms. The van der Waals surface area contributed by atoms with Crippen LogP contribution >= 0.6 is 24.0 Å². The number of thiocarbonyl (C=S) groups is 1. The molecule has 0 radical (unpaired) electrons. The van der Waals surface area contributed by atoms with Gasteiger partial charge < -0.3 is 10.2 Å². The fourth-order valence-electron chi connectivity index (χ4n) is 2.16. The number of amides is 2. The van der Waals surface area contributed by atoms with E-state index in [0.717, 1.165) is 18.5 Å². The molecule has 24 heavy (non-hydrogen) atoms. The third-order valence-corrected chi connectivity index (χ3v) is 4.75. The second-order valence-electron chi connectivity index (χ2n) is 5.69. The number of carbonyl (C=O) groups excluding carboxylic acids is 2. The summed E-state index contributed by atoms with van der Waals surface area (Å²) in [7, 11) is 3.97. The van der Waals surface area contributed by atoms with Gasteiger partial charge in [0.2, 0.25) is 5.91 Å². The van der Waals surface area contributed by atoms with Crippen molar-refractivity contribution in [3.8, 4) is 0 Å².